The van der Waals surface area contributed by atoms with Crippen LogP contribution in [0.5, 0.6) is 0 Å². The van der Waals surface area contributed by atoms with Crippen LogP contribution < -0.4 is 4.90 Å². The highest BCUT2D eigenvalue weighted by molar-refractivity contribution is 5.94. The zero-order valence-electron chi connectivity index (χ0n) is 14.0. The van der Waals surface area contributed by atoms with E-state index >= 15 is 0 Å². The molecule has 0 unspecified atom stereocenters. The topological polar surface area (TPSA) is 23.6 Å². The Labute approximate surface area is 133 Å². The average molecular weight is 296 g/mol. The molecule has 0 aliphatic heterocycles. The van der Waals surface area contributed by atoms with E-state index in [4.69, 9.17) is 0 Å². The van der Waals surface area contributed by atoms with Crippen molar-refractivity contribution in [2.45, 2.75) is 19.4 Å². The molecule has 2 aromatic rings. The number of carbonyl (C=O) groups is 1. The normalized spacial score (nSPS) is 11.1. The molecule has 0 atom stereocenters. The zero-order valence-corrected chi connectivity index (χ0v) is 14.0. The third-order valence-electron chi connectivity index (χ3n) is 4.21. The van der Waals surface area contributed by atoms with Crippen molar-refractivity contribution in [3.63, 3.8) is 0 Å². The molecular weight excluding hydrogens is 272 g/mol. The van der Waals surface area contributed by atoms with Gasteiger partial charge < -0.3 is 9.80 Å². The van der Waals surface area contributed by atoms with Crippen LogP contribution in [-0.4, -0.2) is 32.0 Å². The maximum absolute atomic E-state index is 12.8. The first-order valence-electron chi connectivity index (χ1n) is 7.45. The second-order valence-corrected chi connectivity index (χ2v) is 6.20. The van der Waals surface area contributed by atoms with Gasteiger partial charge in [-0.15, -0.1) is 0 Å². The molecule has 0 fully saturated rings. The van der Waals surface area contributed by atoms with Crippen molar-refractivity contribution in [1.29, 1.82) is 0 Å². The van der Waals surface area contributed by atoms with E-state index in [1.165, 1.54) is 0 Å². The molecule has 0 aliphatic carbocycles. The maximum atomic E-state index is 12.8. The Morgan fingerprint density at radius 1 is 0.864 bits per heavy atom. The van der Waals surface area contributed by atoms with E-state index in [0.717, 1.165) is 11.3 Å². The van der Waals surface area contributed by atoms with Gasteiger partial charge in [0.1, 0.15) is 0 Å². The number of hydrogen-bond donors (Lipinski definition) is 0. The summed E-state index contributed by atoms with van der Waals surface area (Å²) in [6, 6.07) is 17.6. The van der Waals surface area contributed by atoms with Crippen molar-refractivity contribution < 1.29 is 4.79 Å². The second-order valence-electron chi connectivity index (χ2n) is 6.20. The van der Waals surface area contributed by atoms with Gasteiger partial charge in [-0.05, 0) is 32.0 Å². The van der Waals surface area contributed by atoms with Gasteiger partial charge in [-0.25, -0.2) is 0 Å². The lowest BCUT2D eigenvalue weighted by molar-refractivity contribution is 0.0623. The fourth-order valence-corrected chi connectivity index (χ4v) is 2.59. The summed E-state index contributed by atoms with van der Waals surface area (Å²) in [6.07, 6.45) is 0. The molecule has 0 saturated carbocycles. The van der Waals surface area contributed by atoms with Crippen LogP contribution in [-0.2, 0) is 5.54 Å². The summed E-state index contributed by atoms with van der Waals surface area (Å²) in [5.41, 5.74) is 2.56. The van der Waals surface area contributed by atoms with E-state index in [0.29, 0.717) is 5.56 Å². The molecule has 116 valence electrons. The number of anilines is 1. The molecule has 0 N–H and O–H groups in total. The molecule has 0 aliphatic rings. The van der Waals surface area contributed by atoms with Gasteiger partial charge in [0, 0.05) is 38.0 Å². The lowest BCUT2D eigenvalue weighted by Crippen LogP contribution is -2.43. The van der Waals surface area contributed by atoms with Gasteiger partial charge in [-0.2, -0.15) is 0 Å². The summed E-state index contributed by atoms with van der Waals surface area (Å²) >= 11 is 0. The molecule has 3 nitrogen and oxygen atoms in total. The van der Waals surface area contributed by atoms with Crippen LogP contribution in [0.4, 0.5) is 5.69 Å². The van der Waals surface area contributed by atoms with Crippen molar-refractivity contribution >= 4 is 11.6 Å². The van der Waals surface area contributed by atoms with Gasteiger partial charge in [-0.1, -0.05) is 36.4 Å². The number of para-hydroxylation sites is 1. The molecular formula is C19H24N2O. The highest BCUT2D eigenvalue weighted by Crippen LogP contribution is 2.34. The van der Waals surface area contributed by atoms with Crippen LogP contribution in [0.1, 0.15) is 29.8 Å². The van der Waals surface area contributed by atoms with Crippen LogP contribution >= 0.6 is 0 Å². The Balaban J connectivity index is 2.40. The Morgan fingerprint density at radius 3 is 2.00 bits per heavy atom. The highest BCUT2D eigenvalue weighted by atomic mass is 16.2. The van der Waals surface area contributed by atoms with Crippen LogP contribution in [0.15, 0.2) is 54.6 Å². The fourth-order valence-electron chi connectivity index (χ4n) is 2.59. The van der Waals surface area contributed by atoms with E-state index < -0.39 is 5.54 Å². The molecule has 1 amide bonds. The number of benzene rings is 2. The minimum Gasteiger partial charge on any atom is -0.377 e. The van der Waals surface area contributed by atoms with Crippen LogP contribution in [0.2, 0.25) is 0 Å². The predicted octanol–water partition coefficient (Wildman–Crippen LogP) is 3.76. The van der Waals surface area contributed by atoms with Crippen LogP contribution in [0.3, 0.4) is 0 Å². The smallest absolute Gasteiger partial charge is 0.254 e. The van der Waals surface area contributed by atoms with E-state index in [-0.39, 0.29) is 5.91 Å². The molecule has 0 spiro atoms. The summed E-state index contributed by atoms with van der Waals surface area (Å²) in [5, 5.41) is 0. The molecule has 0 heterocycles. The molecule has 0 aromatic heterocycles. The first kappa shape index (κ1) is 16.1. The Bertz CT molecular complexity index is 647. The lowest BCUT2D eigenvalue weighted by atomic mass is 9.90. The number of amides is 1. The number of rotatable bonds is 4. The van der Waals surface area contributed by atoms with E-state index in [1.54, 1.807) is 0 Å². The standard InChI is InChI=1S/C19H24N2O/c1-19(2,16-13-9-10-14-17(16)20(3)4)21(5)18(22)15-11-7-6-8-12-15/h6-14H,1-5H3. The Kier molecular flexibility index (Phi) is 4.55. The van der Waals surface area contributed by atoms with E-state index in [1.807, 2.05) is 68.5 Å². The minimum atomic E-state index is -0.409. The zero-order chi connectivity index (χ0) is 16.3. The van der Waals surface area contributed by atoms with Crippen molar-refractivity contribution in [2.75, 3.05) is 26.0 Å². The van der Waals surface area contributed by atoms with Gasteiger partial charge in [0.15, 0.2) is 0 Å². The van der Waals surface area contributed by atoms with Crippen LogP contribution in [0.25, 0.3) is 0 Å². The highest BCUT2D eigenvalue weighted by Gasteiger charge is 2.32. The fraction of sp³-hybridized carbons (Fsp3) is 0.316. The van der Waals surface area contributed by atoms with E-state index in [2.05, 4.69) is 30.9 Å². The average Bonchev–Trinajstić information content (AvgIpc) is 2.54. The molecule has 0 bridgehead atoms. The minimum absolute atomic E-state index is 0.0270. The van der Waals surface area contributed by atoms with Gasteiger partial charge in [-0.3, -0.25) is 4.79 Å². The van der Waals surface area contributed by atoms with Crippen molar-refractivity contribution in [3.8, 4) is 0 Å². The lowest BCUT2D eigenvalue weighted by Gasteiger charge is -2.38. The molecule has 2 rings (SSSR count). The maximum Gasteiger partial charge on any atom is 0.254 e. The molecule has 22 heavy (non-hydrogen) atoms. The summed E-state index contributed by atoms with van der Waals surface area (Å²) in [7, 11) is 5.91. The van der Waals surface area contributed by atoms with Crippen LogP contribution in [0, 0.1) is 0 Å². The summed E-state index contributed by atoms with van der Waals surface area (Å²) in [5.74, 6) is 0.0270. The predicted molar refractivity (Wildman–Crippen MR) is 92.3 cm³/mol. The van der Waals surface area contributed by atoms with Crippen molar-refractivity contribution in [3.05, 3.63) is 65.7 Å². The molecule has 0 radical (unpaired) electrons. The molecule has 0 saturated heterocycles. The third-order valence-corrected chi connectivity index (χ3v) is 4.21. The van der Waals surface area contributed by atoms with Gasteiger partial charge in [0.2, 0.25) is 0 Å². The van der Waals surface area contributed by atoms with Crippen molar-refractivity contribution in [2.24, 2.45) is 0 Å². The van der Waals surface area contributed by atoms with Gasteiger partial charge in [0.05, 0.1) is 5.54 Å². The van der Waals surface area contributed by atoms with E-state index in [9.17, 15) is 4.79 Å². The first-order chi connectivity index (χ1) is 10.4. The number of nitrogens with zero attached hydrogens (tertiary/aromatic N) is 2. The van der Waals surface area contributed by atoms with Crippen molar-refractivity contribution in [1.82, 2.24) is 4.90 Å². The third kappa shape index (κ3) is 2.98. The van der Waals surface area contributed by atoms with Gasteiger partial charge >= 0.3 is 0 Å². The summed E-state index contributed by atoms with van der Waals surface area (Å²) in [6.45, 7) is 4.16. The summed E-state index contributed by atoms with van der Waals surface area (Å²) < 4.78 is 0. The largest absolute Gasteiger partial charge is 0.377 e. The quantitative estimate of drug-likeness (QED) is 0.857. The number of hydrogen-bond acceptors (Lipinski definition) is 2. The number of carbonyl (C=O) groups excluding carboxylic acids is 1. The Morgan fingerprint density at radius 2 is 1.41 bits per heavy atom. The molecule has 2 aromatic carbocycles. The molecule has 3 heteroatoms. The SMILES string of the molecule is CN(C)c1ccccc1C(C)(C)N(C)C(=O)c1ccccc1. The summed E-state index contributed by atoms with van der Waals surface area (Å²) in [4.78, 5) is 16.6. The monoisotopic (exact) mass is 296 g/mol. The first-order valence-corrected chi connectivity index (χ1v) is 7.45. The Hall–Kier alpha value is -2.29. The second kappa shape index (κ2) is 6.22. The van der Waals surface area contributed by atoms with Gasteiger partial charge in [0.25, 0.3) is 5.91 Å².